The number of carbonyl (C=O) groups excluding carboxylic acids is 1. The van der Waals surface area contributed by atoms with Crippen LogP contribution in [0.1, 0.15) is 10.7 Å². The molecule has 1 aromatic carbocycles. The minimum absolute atomic E-state index is 0.0551. The highest BCUT2D eigenvalue weighted by molar-refractivity contribution is 7.09. The third-order valence-electron chi connectivity index (χ3n) is 2.93. The van der Waals surface area contributed by atoms with Crippen LogP contribution in [-0.4, -0.2) is 36.9 Å². The number of rotatable bonds is 6. The Bertz CT molecular complexity index is 593. The molecule has 2 rings (SSSR count). The van der Waals surface area contributed by atoms with Gasteiger partial charge >= 0.3 is 0 Å². The van der Waals surface area contributed by atoms with Gasteiger partial charge in [-0.15, -0.1) is 11.3 Å². The molecule has 1 aromatic heterocycles. The van der Waals surface area contributed by atoms with Gasteiger partial charge in [-0.05, 0) is 24.3 Å². The van der Waals surface area contributed by atoms with E-state index in [0.717, 1.165) is 22.1 Å². The molecule has 0 radical (unpaired) electrons. The molecule has 6 heteroatoms. The number of aromatic nitrogens is 1. The molecule has 2 aromatic rings. The monoisotopic (exact) mass is 305 g/mol. The minimum Gasteiger partial charge on any atom is -0.487 e. The van der Waals surface area contributed by atoms with Crippen molar-refractivity contribution in [2.24, 2.45) is 0 Å². The zero-order valence-corrected chi connectivity index (χ0v) is 13.2. The number of benzene rings is 1. The van der Waals surface area contributed by atoms with Crippen molar-refractivity contribution in [2.45, 2.75) is 13.0 Å². The summed E-state index contributed by atoms with van der Waals surface area (Å²) in [5.74, 6) is 0.854. The first-order chi connectivity index (χ1) is 10.1. The number of nitrogens with one attached hydrogen (secondary N) is 1. The fourth-order valence-electron chi connectivity index (χ4n) is 1.66. The summed E-state index contributed by atoms with van der Waals surface area (Å²) in [5, 5.41) is 5.80. The molecule has 0 unspecified atom stereocenters. The zero-order chi connectivity index (χ0) is 15.2. The van der Waals surface area contributed by atoms with Crippen LogP contribution in [0.2, 0.25) is 0 Å². The highest BCUT2D eigenvalue weighted by Crippen LogP contribution is 2.18. The lowest BCUT2D eigenvalue weighted by molar-refractivity contribution is -0.127. The van der Waals surface area contributed by atoms with Crippen LogP contribution in [0.3, 0.4) is 0 Å². The van der Waals surface area contributed by atoms with Crippen LogP contribution in [-0.2, 0) is 17.8 Å². The van der Waals surface area contributed by atoms with E-state index in [1.54, 1.807) is 19.0 Å². The molecule has 0 fully saturated rings. The number of hydrogen-bond donors (Lipinski definition) is 1. The van der Waals surface area contributed by atoms with E-state index in [2.05, 4.69) is 10.3 Å². The second-order valence-electron chi connectivity index (χ2n) is 4.76. The standard InChI is InChI=1S/C15H19N3O2S/c1-16-11-4-6-13(7-5-11)20-9-12-10-21-14(17-12)8-15(19)18(2)3/h4-7,10,16H,8-9H2,1-3H3. The number of anilines is 1. The fourth-order valence-corrected chi connectivity index (χ4v) is 2.43. The van der Waals surface area contributed by atoms with E-state index in [1.165, 1.54) is 11.3 Å². The van der Waals surface area contributed by atoms with Crippen molar-refractivity contribution in [2.75, 3.05) is 26.5 Å². The summed E-state index contributed by atoms with van der Waals surface area (Å²) in [5.41, 5.74) is 1.89. The molecule has 1 heterocycles. The van der Waals surface area contributed by atoms with Crippen LogP contribution in [0.25, 0.3) is 0 Å². The number of amides is 1. The Balaban J connectivity index is 1.88. The van der Waals surface area contributed by atoms with E-state index in [9.17, 15) is 4.79 Å². The molecular formula is C15H19N3O2S. The van der Waals surface area contributed by atoms with Gasteiger partial charge in [0.2, 0.25) is 5.91 Å². The lowest BCUT2D eigenvalue weighted by Gasteiger charge is -2.08. The Labute approximate surface area is 128 Å². The van der Waals surface area contributed by atoms with Gasteiger partial charge in [-0.3, -0.25) is 4.79 Å². The van der Waals surface area contributed by atoms with Gasteiger partial charge in [0.1, 0.15) is 17.4 Å². The third-order valence-corrected chi connectivity index (χ3v) is 3.83. The molecule has 0 atom stereocenters. The highest BCUT2D eigenvalue weighted by atomic mass is 32.1. The van der Waals surface area contributed by atoms with Crippen molar-refractivity contribution < 1.29 is 9.53 Å². The van der Waals surface area contributed by atoms with Gasteiger partial charge in [0.05, 0.1) is 12.1 Å². The maximum Gasteiger partial charge on any atom is 0.228 e. The zero-order valence-electron chi connectivity index (χ0n) is 12.4. The molecule has 1 amide bonds. The molecule has 0 bridgehead atoms. The van der Waals surface area contributed by atoms with Gasteiger partial charge < -0.3 is 15.0 Å². The van der Waals surface area contributed by atoms with E-state index in [1.807, 2.05) is 36.7 Å². The molecule has 0 saturated heterocycles. The number of carbonyl (C=O) groups is 1. The Morgan fingerprint density at radius 1 is 1.33 bits per heavy atom. The molecule has 0 aliphatic carbocycles. The lowest BCUT2D eigenvalue weighted by Crippen LogP contribution is -2.23. The Morgan fingerprint density at radius 2 is 2.05 bits per heavy atom. The maximum absolute atomic E-state index is 11.6. The maximum atomic E-state index is 11.6. The van der Waals surface area contributed by atoms with Crippen molar-refractivity contribution in [3.63, 3.8) is 0 Å². The van der Waals surface area contributed by atoms with Crippen LogP contribution in [0.4, 0.5) is 5.69 Å². The van der Waals surface area contributed by atoms with Crippen molar-refractivity contribution in [3.8, 4) is 5.75 Å². The second-order valence-corrected chi connectivity index (χ2v) is 5.70. The summed E-state index contributed by atoms with van der Waals surface area (Å²) in [7, 11) is 5.37. The number of likely N-dealkylation sites (N-methyl/N-ethyl adjacent to an activating group) is 1. The quantitative estimate of drug-likeness (QED) is 0.890. The van der Waals surface area contributed by atoms with Gasteiger partial charge in [0.25, 0.3) is 0 Å². The molecule has 0 spiro atoms. The fraction of sp³-hybridized carbons (Fsp3) is 0.333. The average Bonchev–Trinajstić information content (AvgIpc) is 2.93. The topological polar surface area (TPSA) is 54.5 Å². The Hall–Kier alpha value is -2.08. The molecule has 1 N–H and O–H groups in total. The van der Waals surface area contributed by atoms with E-state index in [-0.39, 0.29) is 5.91 Å². The first-order valence-electron chi connectivity index (χ1n) is 6.62. The molecular weight excluding hydrogens is 286 g/mol. The van der Waals surface area contributed by atoms with Gasteiger partial charge in [0, 0.05) is 32.2 Å². The summed E-state index contributed by atoms with van der Waals surface area (Å²) in [6, 6.07) is 7.73. The van der Waals surface area contributed by atoms with Crippen LogP contribution in [0.15, 0.2) is 29.6 Å². The average molecular weight is 305 g/mol. The Kier molecular flexibility index (Phi) is 5.16. The first-order valence-corrected chi connectivity index (χ1v) is 7.50. The number of ether oxygens (including phenoxy) is 1. The second kappa shape index (κ2) is 7.08. The van der Waals surface area contributed by atoms with E-state index < -0.39 is 0 Å². The van der Waals surface area contributed by atoms with E-state index >= 15 is 0 Å². The highest BCUT2D eigenvalue weighted by Gasteiger charge is 2.09. The summed E-state index contributed by atoms with van der Waals surface area (Å²) in [4.78, 5) is 17.6. The van der Waals surface area contributed by atoms with Gasteiger partial charge in [-0.25, -0.2) is 4.98 Å². The Morgan fingerprint density at radius 3 is 2.67 bits per heavy atom. The number of thiazole rings is 1. The normalized spacial score (nSPS) is 10.2. The summed E-state index contributed by atoms with van der Waals surface area (Å²) in [6.45, 7) is 0.408. The predicted molar refractivity (Wildman–Crippen MR) is 84.8 cm³/mol. The van der Waals surface area contributed by atoms with Crippen molar-refractivity contribution >= 4 is 22.9 Å². The van der Waals surface area contributed by atoms with Crippen LogP contribution in [0.5, 0.6) is 5.75 Å². The summed E-state index contributed by atoms with van der Waals surface area (Å²) in [6.07, 6.45) is 0.342. The molecule has 0 aliphatic heterocycles. The van der Waals surface area contributed by atoms with E-state index in [4.69, 9.17) is 4.74 Å². The number of nitrogens with zero attached hydrogens (tertiary/aromatic N) is 2. The third kappa shape index (κ3) is 4.46. The van der Waals surface area contributed by atoms with Crippen LogP contribution < -0.4 is 10.1 Å². The van der Waals surface area contributed by atoms with Crippen LogP contribution in [0, 0.1) is 0 Å². The predicted octanol–water partition coefficient (Wildman–Crippen LogP) is 2.39. The summed E-state index contributed by atoms with van der Waals surface area (Å²) < 4.78 is 5.68. The van der Waals surface area contributed by atoms with Crippen molar-refractivity contribution in [1.82, 2.24) is 9.88 Å². The van der Waals surface area contributed by atoms with Crippen LogP contribution >= 0.6 is 11.3 Å². The SMILES string of the molecule is CNc1ccc(OCc2csc(CC(=O)N(C)C)n2)cc1. The van der Waals surface area contributed by atoms with Crippen molar-refractivity contribution in [3.05, 3.63) is 40.3 Å². The van der Waals surface area contributed by atoms with Crippen molar-refractivity contribution in [1.29, 1.82) is 0 Å². The summed E-state index contributed by atoms with van der Waals surface area (Å²) >= 11 is 1.49. The largest absolute Gasteiger partial charge is 0.487 e. The molecule has 5 nitrogen and oxygen atoms in total. The molecule has 112 valence electrons. The van der Waals surface area contributed by atoms with Gasteiger partial charge in [-0.1, -0.05) is 0 Å². The molecule has 21 heavy (non-hydrogen) atoms. The van der Waals surface area contributed by atoms with Gasteiger partial charge in [-0.2, -0.15) is 0 Å². The van der Waals surface area contributed by atoms with Gasteiger partial charge in [0.15, 0.2) is 0 Å². The minimum atomic E-state index is 0.0551. The smallest absolute Gasteiger partial charge is 0.228 e. The van der Waals surface area contributed by atoms with E-state index in [0.29, 0.717) is 13.0 Å². The molecule has 0 aliphatic rings. The first kappa shape index (κ1) is 15.3. The molecule has 0 saturated carbocycles. The number of hydrogen-bond acceptors (Lipinski definition) is 5. The lowest BCUT2D eigenvalue weighted by atomic mass is 10.3.